The minimum Gasteiger partial charge on any atom is -0.263 e. The third kappa shape index (κ3) is 2.12. The molecule has 0 aliphatic heterocycles. The van der Waals surface area contributed by atoms with Crippen molar-refractivity contribution < 1.29 is 8.42 Å². The van der Waals surface area contributed by atoms with Gasteiger partial charge in [-0.05, 0) is 29.8 Å². The lowest BCUT2D eigenvalue weighted by Gasteiger charge is -2.10. The molecule has 3 rings (SSSR count). The number of nitrogens with zero attached hydrogens (tertiary/aromatic N) is 2. The van der Waals surface area contributed by atoms with Crippen molar-refractivity contribution >= 4 is 10.0 Å². The van der Waals surface area contributed by atoms with E-state index >= 15 is 0 Å². The summed E-state index contributed by atoms with van der Waals surface area (Å²) in [4.78, 5) is 4.05. The van der Waals surface area contributed by atoms with Crippen molar-refractivity contribution in [3.63, 3.8) is 0 Å². The fourth-order valence-electron chi connectivity index (χ4n) is 2.02. The molecule has 2 aromatic heterocycles. The average molecular weight is 284 g/mol. The van der Waals surface area contributed by atoms with Crippen LogP contribution in [0.25, 0.3) is 11.3 Å². The first-order valence-electron chi connectivity index (χ1n) is 6.08. The van der Waals surface area contributed by atoms with Gasteiger partial charge in [0.2, 0.25) is 0 Å². The Hall–Kier alpha value is -2.40. The lowest BCUT2D eigenvalue weighted by molar-refractivity contribution is 0.587. The molecule has 4 nitrogen and oxygen atoms in total. The Balaban J connectivity index is 2.16. The van der Waals surface area contributed by atoms with Gasteiger partial charge < -0.3 is 0 Å². The molecular formula is C15H12N2O2S. The summed E-state index contributed by atoms with van der Waals surface area (Å²) < 4.78 is 26.5. The van der Waals surface area contributed by atoms with E-state index in [-0.39, 0.29) is 4.90 Å². The van der Waals surface area contributed by atoms with E-state index in [2.05, 4.69) is 4.98 Å². The smallest absolute Gasteiger partial charge is 0.263 e. The van der Waals surface area contributed by atoms with Crippen molar-refractivity contribution in [3.05, 3.63) is 73.2 Å². The Morgan fingerprint density at radius 3 is 2.40 bits per heavy atom. The molecule has 0 fully saturated rings. The molecule has 3 aromatic rings. The molecule has 0 bridgehead atoms. The van der Waals surface area contributed by atoms with Crippen LogP contribution in [-0.4, -0.2) is 17.4 Å². The quantitative estimate of drug-likeness (QED) is 0.743. The number of rotatable bonds is 3. The van der Waals surface area contributed by atoms with E-state index in [9.17, 15) is 8.42 Å². The Morgan fingerprint density at radius 2 is 1.70 bits per heavy atom. The van der Waals surface area contributed by atoms with Gasteiger partial charge in [0.05, 0.1) is 5.69 Å². The highest BCUT2D eigenvalue weighted by molar-refractivity contribution is 7.90. The molecule has 0 atom stereocenters. The van der Waals surface area contributed by atoms with E-state index in [4.69, 9.17) is 0 Å². The number of hydrogen-bond acceptors (Lipinski definition) is 3. The fraction of sp³-hybridized carbons (Fsp3) is 0. The lowest BCUT2D eigenvalue weighted by atomic mass is 10.2. The maximum Gasteiger partial charge on any atom is 0.269 e. The molecular weight excluding hydrogens is 272 g/mol. The topological polar surface area (TPSA) is 52.0 Å². The molecule has 100 valence electrons. The molecule has 0 N–H and O–H groups in total. The maximum absolute atomic E-state index is 12.6. The molecule has 0 saturated carbocycles. The summed E-state index contributed by atoms with van der Waals surface area (Å²) in [6, 6.07) is 16.1. The second kappa shape index (κ2) is 4.94. The first kappa shape index (κ1) is 12.6. The van der Waals surface area contributed by atoms with Crippen molar-refractivity contribution in [3.8, 4) is 11.3 Å². The van der Waals surface area contributed by atoms with E-state index in [1.807, 2.05) is 30.3 Å². The summed E-state index contributed by atoms with van der Waals surface area (Å²) in [5, 5.41) is 0. The predicted molar refractivity (Wildman–Crippen MR) is 76.7 cm³/mol. The summed E-state index contributed by atoms with van der Waals surface area (Å²) in [6.45, 7) is 0. The first-order chi connectivity index (χ1) is 9.69. The molecule has 0 amide bonds. The zero-order valence-electron chi connectivity index (χ0n) is 10.5. The van der Waals surface area contributed by atoms with Gasteiger partial charge in [0, 0.05) is 18.6 Å². The molecule has 0 aliphatic carbocycles. The number of benzene rings is 1. The number of pyridine rings is 1. The highest BCUT2D eigenvalue weighted by Crippen LogP contribution is 2.24. The standard InChI is InChI=1S/C15H12N2O2S/c18-20(19,14-8-4-10-16-12-14)17-11-5-9-15(17)13-6-2-1-3-7-13/h1-12H. The molecule has 0 aliphatic rings. The zero-order valence-corrected chi connectivity index (χ0v) is 11.4. The second-order valence-corrected chi connectivity index (χ2v) is 6.06. The van der Waals surface area contributed by atoms with Gasteiger partial charge in [-0.1, -0.05) is 30.3 Å². The Kier molecular flexibility index (Phi) is 3.12. The van der Waals surface area contributed by atoms with Gasteiger partial charge >= 0.3 is 0 Å². The van der Waals surface area contributed by atoms with Crippen LogP contribution in [0.2, 0.25) is 0 Å². The first-order valence-corrected chi connectivity index (χ1v) is 7.52. The summed E-state index contributed by atoms with van der Waals surface area (Å²) in [7, 11) is -3.62. The van der Waals surface area contributed by atoms with Gasteiger partial charge in [-0.2, -0.15) is 0 Å². The molecule has 20 heavy (non-hydrogen) atoms. The number of aromatic nitrogens is 2. The second-order valence-electron chi connectivity index (χ2n) is 4.25. The van der Waals surface area contributed by atoms with E-state index < -0.39 is 10.0 Å². The minimum absolute atomic E-state index is 0.174. The average Bonchev–Trinajstić information content (AvgIpc) is 2.99. The monoisotopic (exact) mass is 284 g/mol. The molecule has 0 spiro atoms. The van der Waals surface area contributed by atoms with Crippen LogP contribution in [0.1, 0.15) is 0 Å². The van der Waals surface area contributed by atoms with Crippen LogP contribution in [0, 0.1) is 0 Å². The molecule has 0 saturated heterocycles. The molecule has 0 radical (unpaired) electrons. The van der Waals surface area contributed by atoms with Crippen molar-refractivity contribution in [2.24, 2.45) is 0 Å². The molecule has 2 heterocycles. The van der Waals surface area contributed by atoms with Crippen LogP contribution in [0.15, 0.2) is 78.1 Å². The van der Waals surface area contributed by atoms with Crippen molar-refractivity contribution in [1.29, 1.82) is 0 Å². The third-order valence-electron chi connectivity index (χ3n) is 2.97. The largest absolute Gasteiger partial charge is 0.269 e. The lowest BCUT2D eigenvalue weighted by Crippen LogP contribution is -2.13. The van der Waals surface area contributed by atoms with Crippen molar-refractivity contribution in [2.75, 3.05) is 0 Å². The van der Waals surface area contributed by atoms with Crippen LogP contribution in [0.5, 0.6) is 0 Å². The summed E-state index contributed by atoms with van der Waals surface area (Å²) in [5.41, 5.74) is 1.49. The normalized spacial score (nSPS) is 11.4. The van der Waals surface area contributed by atoms with Gasteiger partial charge in [0.25, 0.3) is 10.0 Å². The molecule has 1 aromatic carbocycles. The Labute approximate surface area is 117 Å². The van der Waals surface area contributed by atoms with E-state index in [1.54, 1.807) is 30.6 Å². The van der Waals surface area contributed by atoms with Gasteiger partial charge in [-0.15, -0.1) is 0 Å². The molecule has 5 heteroatoms. The summed E-state index contributed by atoms with van der Waals surface area (Å²) in [5.74, 6) is 0. The zero-order chi connectivity index (χ0) is 14.0. The fourth-order valence-corrected chi connectivity index (χ4v) is 3.35. The van der Waals surface area contributed by atoms with E-state index in [0.29, 0.717) is 5.69 Å². The minimum atomic E-state index is -3.62. The van der Waals surface area contributed by atoms with Crippen LogP contribution in [-0.2, 0) is 10.0 Å². The SMILES string of the molecule is O=S(=O)(c1cccnc1)n1cccc1-c1ccccc1. The van der Waals surface area contributed by atoms with Crippen LogP contribution < -0.4 is 0 Å². The van der Waals surface area contributed by atoms with Crippen molar-refractivity contribution in [1.82, 2.24) is 8.96 Å². The maximum atomic E-state index is 12.6. The molecule has 0 unspecified atom stereocenters. The van der Waals surface area contributed by atoms with Crippen LogP contribution in [0.3, 0.4) is 0 Å². The number of hydrogen-bond donors (Lipinski definition) is 0. The van der Waals surface area contributed by atoms with Crippen LogP contribution in [0.4, 0.5) is 0 Å². The van der Waals surface area contributed by atoms with Gasteiger partial charge in [-0.3, -0.25) is 4.98 Å². The van der Waals surface area contributed by atoms with Gasteiger partial charge in [-0.25, -0.2) is 12.4 Å². The van der Waals surface area contributed by atoms with Gasteiger partial charge in [0.15, 0.2) is 0 Å². The highest BCUT2D eigenvalue weighted by atomic mass is 32.2. The predicted octanol–water partition coefficient (Wildman–Crippen LogP) is 2.79. The highest BCUT2D eigenvalue weighted by Gasteiger charge is 2.19. The van der Waals surface area contributed by atoms with Crippen molar-refractivity contribution in [2.45, 2.75) is 4.90 Å². The Morgan fingerprint density at radius 1 is 0.900 bits per heavy atom. The Bertz CT molecular complexity index is 809. The van der Waals surface area contributed by atoms with E-state index in [1.165, 1.54) is 16.2 Å². The third-order valence-corrected chi connectivity index (χ3v) is 4.65. The van der Waals surface area contributed by atoms with E-state index in [0.717, 1.165) is 5.56 Å². The van der Waals surface area contributed by atoms with Crippen LogP contribution >= 0.6 is 0 Å². The van der Waals surface area contributed by atoms with Gasteiger partial charge in [0.1, 0.15) is 4.90 Å². The summed E-state index contributed by atoms with van der Waals surface area (Å²) in [6.07, 6.45) is 4.45. The summed E-state index contributed by atoms with van der Waals surface area (Å²) >= 11 is 0.